The van der Waals surface area contributed by atoms with Crippen LogP contribution in [0.25, 0.3) is 0 Å². The zero-order valence-corrected chi connectivity index (χ0v) is 13.8. The van der Waals surface area contributed by atoms with E-state index in [0.29, 0.717) is 25.4 Å². The van der Waals surface area contributed by atoms with Crippen LogP contribution in [0, 0.1) is 6.92 Å². The fourth-order valence-electron chi connectivity index (χ4n) is 2.77. The number of carbonyl (C=O) groups excluding carboxylic acids is 1. The van der Waals surface area contributed by atoms with Gasteiger partial charge in [-0.2, -0.15) is 0 Å². The predicted octanol–water partition coefficient (Wildman–Crippen LogP) is -0.237. The van der Waals surface area contributed by atoms with E-state index in [0.717, 1.165) is 12.1 Å². The first-order valence-electron chi connectivity index (χ1n) is 7.77. The van der Waals surface area contributed by atoms with Gasteiger partial charge in [0.2, 0.25) is 5.91 Å². The van der Waals surface area contributed by atoms with Crippen LogP contribution in [0.15, 0.2) is 23.4 Å². The van der Waals surface area contributed by atoms with Gasteiger partial charge in [0.15, 0.2) is 0 Å². The lowest BCUT2D eigenvalue weighted by Gasteiger charge is -2.17. The Bertz CT molecular complexity index is 784. The molecule has 24 heavy (non-hydrogen) atoms. The number of carbonyl (C=O) groups is 1. The molecule has 2 aromatic rings. The van der Waals surface area contributed by atoms with Crippen molar-refractivity contribution in [2.24, 2.45) is 0 Å². The topological polar surface area (TPSA) is 95.1 Å². The summed E-state index contributed by atoms with van der Waals surface area (Å²) in [4.78, 5) is 30.1. The van der Waals surface area contributed by atoms with Crippen molar-refractivity contribution in [3.8, 4) is 0 Å². The Morgan fingerprint density at radius 1 is 1.46 bits per heavy atom. The van der Waals surface area contributed by atoms with Crippen molar-refractivity contribution >= 4 is 5.91 Å². The van der Waals surface area contributed by atoms with Gasteiger partial charge in [-0.3, -0.25) is 14.2 Å². The van der Waals surface area contributed by atoms with Crippen molar-refractivity contribution in [3.05, 3.63) is 40.3 Å². The largest absolute Gasteiger partial charge is 0.378 e. The first kappa shape index (κ1) is 16.3. The minimum atomic E-state index is -0.216. The normalized spacial score (nSPS) is 17.4. The smallest absolute Gasteiger partial charge is 0.253 e. The second-order valence-corrected chi connectivity index (χ2v) is 5.90. The monoisotopic (exact) mass is 332 g/mol. The second-order valence-electron chi connectivity index (χ2n) is 5.90. The van der Waals surface area contributed by atoms with Crippen molar-refractivity contribution in [1.82, 2.24) is 29.4 Å². The van der Waals surface area contributed by atoms with E-state index in [1.54, 1.807) is 23.6 Å². The number of nitrogens with zero attached hydrogens (tertiary/aromatic N) is 6. The maximum atomic E-state index is 12.4. The number of methoxy groups -OCH3 is 1. The number of aromatic nitrogens is 5. The summed E-state index contributed by atoms with van der Waals surface area (Å²) < 4.78 is 8.14. The van der Waals surface area contributed by atoms with Crippen LogP contribution in [0.2, 0.25) is 0 Å². The summed E-state index contributed by atoms with van der Waals surface area (Å²) in [7, 11) is 1.61. The highest BCUT2D eigenvalue weighted by Gasteiger charge is 2.28. The standard InChI is InChI=1S/C15H20N6O3/c1-11-5-14(22)20(10-16-11)8-15(23)19-4-3-13(7-19)21-6-12(9-24-2)17-18-21/h5-6,10,13H,3-4,7-9H2,1-2H3. The molecule has 3 rings (SSSR count). The molecule has 9 heteroatoms. The van der Waals surface area contributed by atoms with Crippen LogP contribution in [0.1, 0.15) is 23.9 Å². The number of hydrogen-bond acceptors (Lipinski definition) is 6. The molecule has 1 aliphatic heterocycles. The molecule has 2 aromatic heterocycles. The first-order chi connectivity index (χ1) is 11.6. The lowest BCUT2D eigenvalue weighted by molar-refractivity contribution is -0.130. The molecule has 1 atom stereocenters. The molecule has 0 bridgehead atoms. The highest BCUT2D eigenvalue weighted by molar-refractivity contribution is 5.76. The summed E-state index contributed by atoms with van der Waals surface area (Å²) in [6.45, 7) is 3.36. The zero-order valence-electron chi connectivity index (χ0n) is 13.8. The quantitative estimate of drug-likeness (QED) is 0.750. The number of hydrogen-bond donors (Lipinski definition) is 0. The molecule has 0 aromatic carbocycles. The van der Waals surface area contributed by atoms with Gasteiger partial charge in [-0.1, -0.05) is 5.21 Å². The van der Waals surface area contributed by atoms with E-state index in [-0.39, 0.29) is 24.1 Å². The minimum absolute atomic E-state index is 0.00507. The van der Waals surface area contributed by atoms with Crippen LogP contribution in [0.3, 0.4) is 0 Å². The van der Waals surface area contributed by atoms with Crippen LogP contribution in [-0.4, -0.2) is 55.6 Å². The molecule has 0 spiro atoms. The molecule has 1 unspecified atom stereocenters. The number of rotatable bonds is 5. The molecule has 0 aliphatic carbocycles. The number of ether oxygens (including phenoxy) is 1. The van der Waals surface area contributed by atoms with E-state index in [1.165, 1.54) is 17.0 Å². The SMILES string of the molecule is COCc1cn(C2CCN(C(=O)Cn3cnc(C)cc3=O)C2)nn1. The second kappa shape index (κ2) is 6.91. The Labute approximate surface area is 138 Å². The van der Waals surface area contributed by atoms with E-state index >= 15 is 0 Å². The molecule has 0 radical (unpaired) electrons. The molecule has 9 nitrogen and oxygen atoms in total. The summed E-state index contributed by atoms with van der Waals surface area (Å²) in [5.74, 6) is -0.0949. The molecular weight excluding hydrogens is 312 g/mol. The average molecular weight is 332 g/mol. The van der Waals surface area contributed by atoms with Crippen LogP contribution < -0.4 is 5.56 Å². The van der Waals surface area contributed by atoms with Crippen LogP contribution in [-0.2, 0) is 22.7 Å². The van der Waals surface area contributed by atoms with Gasteiger partial charge < -0.3 is 9.64 Å². The van der Waals surface area contributed by atoms with Gasteiger partial charge in [-0.05, 0) is 13.3 Å². The van der Waals surface area contributed by atoms with E-state index in [4.69, 9.17) is 4.74 Å². The number of likely N-dealkylation sites (tertiary alicyclic amines) is 1. The van der Waals surface area contributed by atoms with Crippen molar-refractivity contribution in [1.29, 1.82) is 0 Å². The van der Waals surface area contributed by atoms with Gasteiger partial charge >= 0.3 is 0 Å². The molecule has 1 saturated heterocycles. The third-order valence-electron chi connectivity index (χ3n) is 4.06. The summed E-state index contributed by atoms with van der Waals surface area (Å²) in [6, 6.07) is 1.52. The minimum Gasteiger partial charge on any atom is -0.378 e. The molecule has 1 fully saturated rings. The van der Waals surface area contributed by atoms with Crippen molar-refractivity contribution < 1.29 is 9.53 Å². The number of amides is 1. The Hall–Kier alpha value is -2.55. The van der Waals surface area contributed by atoms with E-state index < -0.39 is 0 Å². The Morgan fingerprint density at radius 3 is 3.04 bits per heavy atom. The molecule has 0 N–H and O–H groups in total. The fourth-order valence-corrected chi connectivity index (χ4v) is 2.77. The molecule has 0 saturated carbocycles. The molecule has 1 aliphatic rings. The molecule has 128 valence electrons. The maximum Gasteiger partial charge on any atom is 0.253 e. The Morgan fingerprint density at radius 2 is 2.29 bits per heavy atom. The Kier molecular flexibility index (Phi) is 4.70. The highest BCUT2D eigenvalue weighted by Crippen LogP contribution is 2.21. The third kappa shape index (κ3) is 3.51. The van der Waals surface area contributed by atoms with E-state index in [2.05, 4.69) is 15.3 Å². The molecular formula is C15H20N6O3. The van der Waals surface area contributed by atoms with E-state index in [9.17, 15) is 9.59 Å². The predicted molar refractivity (Wildman–Crippen MR) is 84.2 cm³/mol. The Balaban J connectivity index is 1.62. The van der Waals surface area contributed by atoms with Gasteiger partial charge in [0, 0.05) is 32.0 Å². The summed E-state index contributed by atoms with van der Waals surface area (Å²) in [5, 5.41) is 8.14. The van der Waals surface area contributed by atoms with Crippen LogP contribution >= 0.6 is 0 Å². The summed E-state index contributed by atoms with van der Waals surface area (Å²) in [6.07, 6.45) is 4.07. The van der Waals surface area contributed by atoms with Crippen LogP contribution in [0.4, 0.5) is 0 Å². The maximum absolute atomic E-state index is 12.4. The van der Waals surface area contributed by atoms with Crippen molar-refractivity contribution in [2.45, 2.75) is 32.5 Å². The van der Waals surface area contributed by atoms with Crippen LogP contribution in [0.5, 0.6) is 0 Å². The van der Waals surface area contributed by atoms with Crippen molar-refractivity contribution in [3.63, 3.8) is 0 Å². The average Bonchev–Trinajstić information content (AvgIpc) is 3.19. The lowest BCUT2D eigenvalue weighted by Crippen LogP contribution is -2.35. The first-order valence-corrected chi connectivity index (χ1v) is 7.77. The highest BCUT2D eigenvalue weighted by atomic mass is 16.5. The third-order valence-corrected chi connectivity index (χ3v) is 4.06. The lowest BCUT2D eigenvalue weighted by atomic mass is 10.3. The van der Waals surface area contributed by atoms with Gasteiger partial charge in [0.25, 0.3) is 5.56 Å². The van der Waals surface area contributed by atoms with Gasteiger partial charge in [-0.25, -0.2) is 9.67 Å². The number of aryl methyl sites for hydroxylation is 1. The van der Waals surface area contributed by atoms with Gasteiger partial charge in [0.1, 0.15) is 12.2 Å². The van der Waals surface area contributed by atoms with Gasteiger partial charge in [0.05, 0.1) is 25.2 Å². The summed E-state index contributed by atoms with van der Waals surface area (Å²) >= 11 is 0. The van der Waals surface area contributed by atoms with Crippen molar-refractivity contribution in [2.75, 3.05) is 20.2 Å². The molecule has 1 amide bonds. The zero-order chi connectivity index (χ0) is 17.1. The fraction of sp³-hybridized carbons (Fsp3) is 0.533. The molecule has 3 heterocycles. The van der Waals surface area contributed by atoms with E-state index in [1.807, 2.05) is 6.20 Å². The summed E-state index contributed by atoms with van der Waals surface area (Å²) in [5.41, 5.74) is 1.19. The van der Waals surface area contributed by atoms with Gasteiger partial charge in [-0.15, -0.1) is 5.10 Å².